The summed E-state index contributed by atoms with van der Waals surface area (Å²) in [7, 11) is 0. The quantitative estimate of drug-likeness (QED) is 0.659. The Hall–Kier alpha value is -0.120. The van der Waals surface area contributed by atoms with E-state index in [0.717, 1.165) is 6.42 Å². The summed E-state index contributed by atoms with van der Waals surface area (Å²) in [4.78, 5) is 0. The largest absolute Gasteiger partial charge is 0.390 e. The highest BCUT2D eigenvalue weighted by atomic mass is 16.5. The lowest BCUT2D eigenvalue weighted by molar-refractivity contribution is -0.0892. The molecule has 0 aromatic carbocycles. The van der Waals surface area contributed by atoms with E-state index >= 15 is 0 Å². The topological polar surface area (TPSA) is 38.7 Å². The van der Waals surface area contributed by atoms with Gasteiger partial charge in [-0.2, -0.15) is 0 Å². The van der Waals surface area contributed by atoms with E-state index in [9.17, 15) is 5.11 Å². The van der Waals surface area contributed by atoms with Crippen LogP contribution in [0.3, 0.4) is 0 Å². The van der Waals surface area contributed by atoms with E-state index in [-0.39, 0.29) is 11.7 Å². The van der Waals surface area contributed by atoms with E-state index in [1.54, 1.807) is 13.8 Å². The van der Waals surface area contributed by atoms with Gasteiger partial charge in [-0.25, -0.2) is 0 Å². The molecular weight excluding hydrogens is 240 g/mol. The van der Waals surface area contributed by atoms with Crippen molar-refractivity contribution in [1.29, 1.82) is 0 Å². The van der Waals surface area contributed by atoms with Crippen molar-refractivity contribution in [2.24, 2.45) is 5.92 Å². The van der Waals surface area contributed by atoms with Crippen molar-refractivity contribution in [1.82, 2.24) is 0 Å². The average molecular weight is 274 g/mol. The summed E-state index contributed by atoms with van der Waals surface area (Å²) >= 11 is 0. The Kier molecular flexibility index (Phi) is 8.18. The molecular formula is C16H34O3. The Bertz CT molecular complexity index is 231. The molecule has 1 N–H and O–H groups in total. The lowest BCUT2D eigenvalue weighted by Crippen LogP contribution is -2.32. The lowest BCUT2D eigenvalue weighted by atomic mass is 9.93. The Morgan fingerprint density at radius 1 is 1.11 bits per heavy atom. The van der Waals surface area contributed by atoms with Gasteiger partial charge in [0.15, 0.2) is 0 Å². The van der Waals surface area contributed by atoms with Crippen LogP contribution in [0.4, 0.5) is 0 Å². The number of hydrogen-bond acceptors (Lipinski definition) is 3. The first-order valence-electron chi connectivity index (χ1n) is 7.53. The van der Waals surface area contributed by atoms with Crippen molar-refractivity contribution in [3.05, 3.63) is 0 Å². The number of ether oxygens (including phenoxy) is 2. The molecule has 0 saturated carbocycles. The Morgan fingerprint density at radius 2 is 1.68 bits per heavy atom. The maximum absolute atomic E-state index is 9.60. The van der Waals surface area contributed by atoms with Gasteiger partial charge in [0, 0.05) is 6.61 Å². The van der Waals surface area contributed by atoms with Crippen LogP contribution in [0.1, 0.15) is 67.7 Å². The molecule has 0 radical (unpaired) electrons. The van der Waals surface area contributed by atoms with Crippen LogP contribution in [0.15, 0.2) is 0 Å². The summed E-state index contributed by atoms with van der Waals surface area (Å²) < 4.78 is 11.6. The molecule has 19 heavy (non-hydrogen) atoms. The second kappa shape index (κ2) is 8.23. The Labute approximate surface area is 119 Å². The second-order valence-electron chi connectivity index (χ2n) is 7.03. The molecule has 0 aliphatic carbocycles. The molecule has 0 saturated heterocycles. The molecule has 3 nitrogen and oxygen atoms in total. The van der Waals surface area contributed by atoms with Crippen molar-refractivity contribution in [2.75, 3.05) is 13.2 Å². The van der Waals surface area contributed by atoms with E-state index in [4.69, 9.17) is 9.47 Å². The normalized spacial score (nSPS) is 16.4. The molecule has 0 heterocycles. The minimum atomic E-state index is -0.656. The number of rotatable bonds is 10. The summed E-state index contributed by atoms with van der Waals surface area (Å²) in [5.41, 5.74) is -0.750. The molecule has 0 aromatic rings. The zero-order valence-corrected chi connectivity index (χ0v) is 14.0. The third-order valence-corrected chi connectivity index (χ3v) is 3.36. The molecule has 0 fully saturated rings. The van der Waals surface area contributed by atoms with E-state index in [0.29, 0.717) is 25.6 Å². The van der Waals surface area contributed by atoms with Crippen LogP contribution in [0, 0.1) is 5.92 Å². The maximum Gasteiger partial charge on any atom is 0.0780 e. The van der Waals surface area contributed by atoms with Gasteiger partial charge in [-0.1, -0.05) is 20.3 Å². The van der Waals surface area contributed by atoms with Crippen molar-refractivity contribution in [3.63, 3.8) is 0 Å². The van der Waals surface area contributed by atoms with Gasteiger partial charge in [-0.3, -0.25) is 0 Å². The standard InChI is InChI=1S/C16H34O3/c1-8-13(2)11-16(6,7)19-12-14(3)18-10-9-15(4,5)17/h13-14,17H,8-12H2,1-7H3. The monoisotopic (exact) mass is 274 g/mol. The van der Waals surface area contributed by atoms with Crippen LogP contribution in [-0.2, 0) is 9.47 Å². The van der Waals surface area contributed by atoms with Crippen LogP contribution in [0.5, 0.6) is 0 Å². The van der Waals surface area contributed by atoms with Crippen molar-refractivity contribution in [2.45, 2.75) is 85.0 Å². The highest BCUT2D eigenvalue weighted by molar-refractivity contribution is 4.72. The van der Waals surface area contributed by atoms with Gasteiger partial charge in [0.1, 0.15) is 0 Å². The maximum atomic E-state index is 9.60. The van der Waals surface area contributed by atoms with E-state index in [1.807, 2.05) is 6.92 Å². The third-order valence-electron chi connectivity index (χ3n) is 3.36. The predicted octanol–water partition coefficient (Wildman–Crippen LogP) is 3.78. The molecule has 0 aliphatic heterocycles. The highest BCUT2D eigenvalue weighted by Gasteiger charge is 2.22. The first kappa shape index (κ1) is 18.9. The van der Waals surface area contributed by atoms with E-state index in [2.05, 4.69) is 27.7 Å². The van der Waals surface area contributed by atoms with E-state index < -0.39 is 5.60 Å². The zero-order valence-electron chi connectivity index (χ0n) is 14.0. The van der Waals surface area contributed by atoms with Gasteiger partial charge >= 0.3 is 0 Å². The summed E-state index contributed by atoms with van der Waals surface area (Å²) in [6, 6.07) is 0. The molecule has 3 heteroatoms. The van der Waals surface area contributed by atoms with Crippen LogP contribution in [0.25, 0.3) is 0 Å². The fourth-order valence-electron chi connectivity index (χ4n) is 1.94. The van der Waals surface area contributed by atoms with Gasteiger partial charge in [0.05, 0.1) is 23.9 Å². The molecule has 0 aliphatic rings. The summed E-state index contributed by atoms with van der Waals surface area (Å²) in [6.07, 6.45) is 2.97. The van der Waals surface area contributed by atoms with E-state index in [1.165, 1.54) is 6.42 Å². The molecule has 0 spiro atoms. The van der Waals surface area contributed by atoms with Crippen molar-refractivity contribution >= 4 is 0 Å². The molecule has 0 aromatic heterocycles. The number of aliphatic hydroxyl groups is 1. The fraction of sp³-hybridized carbons (Fsp3) is 1.00. The highest BCUT2D eigenvalue weighted by Crippen LogP contribution is 2.22. The van der Waals surface area contributed by atoms with Crippen LogP contribution >= 0.6 is 0 Å². The average Bonchev–Trinajstić information content (AvgIpc) is 2.24. The summed E-state index contributed by atoms with van der Waals surface area (Å²) in [5.74, 6) is 0.682. The first-order chi connectivity index (χ1) is 8.56. The molecule has 0 rings (SSSR count). The predicted molar refractivity (Wildman–Crippen MR) is 80.4 cm³/mol. The smallest absolute Gasteiger partial charge is 0.0780 e. The molecule has 116 valence electrons. The summed E-state index contributed by atoms with van der Waals surface area (Å²) in [5, 5.41) is 9.60. The zero-order chi connectivity index (χ0) is 15.1. The van der Waals surface area contributed by atoms with Gasteiger partial charge < -0.3 is 14.6 Å². The SMILES string of the molecule is CCC(C)CC(C)(C)OCC(C)OCCC(C)(C)O. The minimum absolute atomic E-state index is 0.0681. The molecule has 0 bridgehead atoms. The fourth-order valence-corrected chi connectivity index (χ4v) is 1.94. The lowest BCUT2D eigenvalue weighted by Gasteiger charge is -2.30. The summed E-state index contributed by atoms with van der Waals surface area (Å²) in [6.45, 7) is 15.5. The van der Waals surface area contributed by atoms with Gasteiger partial charge in [-0.15, -0.1) is 0 Å². The van der Waals surface area contributed by atoms with Crippen molar-refractivity contribution < 1.29 is 14.6 Å². The molecule has 0 amide bonds. The molecule has 2 unspecified atom stereocenters. The van der Waals surface area contributed by atoms with Gasteiger partial charge in [0.25, 0.3) is 0 Å². The van der Waals surface area contributed by atoms with Gasteiger partial charge in [-0.05, 0) is 53.4 Å². The van der Waals surface area contributed by atoms with Crippen LogP contribution in [-0.4, -0.2) is 35.6 Å². The van der Waals surface area contributed by atoms with Crippen LogP contribution < -0.4 is 0 Å². The molecule has 2 atom stereocenters. The number of hydrogen-bond donors (Lipinski definition) is 1. The Balaban J connectivity index is 3.85. The second-order valence-corrected chi connectivity index (χ2v) is 7.03. The third kappa shape index (κ3) is 11.4. The Morgan fingerprint density at radius 3 is 2.16 bits per heavy atom. The van der Waals surface area contributed by atoms with Crippen molar-refractivity contribution in [3.8, 4) is 0 Å². The van der Waals surface area contributed by atoms with Crippen LogP contribution in [0.2, 0.25) is 0 Å². The van der Waals surface area contributed by atoms with Gasteiger partial charge in [0.2, 0.25) is 0 Å². The minimum Gasteiger partial charge on any atom is -0.390 e. The first-order valence-corrected chi connectivity index (χ1v) is 7.53.